The third kappa shape index (κ3) is 15.5. The molecule has 0 radical (unpaired) electrons. The number of hydroxylamine groups is 1. The largest absolute Gasteiger partial charge is 0.369 e. The highest BCUT2D eigenvalue weighted by Crippen LogP contribution is 2.12. The molecule has 0 aromatic heterocycles. The minimum atomic E-state index is -0.727. The molecule has 0 unspecified atom stereocenters. The minimum absolute atomic E-state index is 0.0536. The SMILES string of the molecule is O=C1COCCOCC(=O)N[C@H](C(=O)CCCC(=O)ONC(=O)Cc2ccc(CCCCc3ccccc3)cc2)CCCCN1. The van der Waals surface area contributed by atoms with E-state index in [0.29, 0.717) is 25.8 Å². The fourth-order valence-corrected chi connectivity index (χ4v) is 4.84. The zero-order chi connectivity index (χ0) is 32.1. The number of hydrogen-bond acceptors (Lipinski definition) is 8. The fraction of sp³-hybridized carbons (Fsp3) is 0.500. The van der Waals surface area contributed by atoms with Crippen LogP contribution in [-0.4, -0.2) is 68.5 Å². The van der Waals surface area contributed by atoms with Gasteiger partial charge in [0.05, 0.1) is 25.7 Å². The average molecular weight is 624 g/mol. The first-order chi connectivity index (χ1) is 21.9. The molecule has 11 heteroatoms. The van der Waals surface area contributed by atoms with Crippen LogP contribution >= 0.6 is 0 Å². The van der Waals surface area contributed by atoms with E-state index in [1.54, 1.807) is 0 Å². The zero-order valence-corrected chi connectivity index (χ0v) is 25.9. The number of unbranched alkanes of at least 4 members (excludes halogenated alkanes) is 1. The van der Waals surface area contributed by atoms with E-state index in [2.05, 4.69) is 40.4 Å². The van der Waals surface area contributed by atoms with Crippen LogP contribution < -0.4 is 16.1 Å². The number of rotatable bonds is 12. The molecule has 0 aliphatic carbocycles. The summed E-state index contributed by atoms with van der Waals surface area (Å²) in [6.07, 6.45) is 6.11. The second kappa shape index (κ2) is 20.8. The fourth-order valence-electron chi connectivity index (χ4n) is 4.84. The lowest BCUT2D eigenvalue weighted by Gasteiger charge is -2.18. The third-order valence-corrected chi connectivity index (χ3v) is 7.30. The summed E-state index contributed by atoms with van der Waals surface area (Å²) in [5.41, 5.74) is 5.55. The Bertz CT molecular complexity index is 1220. The maximum Gasteiger partial charge on any atom is 0.332 e. The maximum absolute atomic E-state index is 12.8. The first-order valence-electron chi connectivity index (χ1n) is 15.7. The number of amides is 3. The Morgan fingerprint density at radius 2 is 1.42 bits per heavy atom. The third-order valence-electron chi connectivity index (χ3n) is 7.30. The van der Waals surface area contributed by atoms with Crippen LogP contribution in [0.25, 0.3) is 0 Å². The number of ketones is 1. The first kappa shape index (κ1) is 35.4. The van der Waals surface area contributed by atoms with E-state index in [9.17, 15) is 24.0 Å². The molecule has 45 heavy (non-hydrogen) atoms. The number of carbonyl (C=O) groups excluding carboxylic acids is 5. The normalized spacial score (nSPS) is 16.8. The molecule has 1 atom stereocenters. The molecule has 244 valence electrons. The lowest BCUT2D eigenvalue weighted by Crippen LogP contribution is -2.42. The highest BCUT2D eigenvalue weighted by atomic mass is 16.7. The number of aryl methyl sites for hydroxylation is 2. The van der Waals surface area contributed by atoms with Crippen LogP contribution in [0.4, 0.5) is 0 Å². The summed E-state index contributed by atoms with van der Waals surface area (Å²) in [6, 6.07) is 17.5. The van der Waals surface area contributed by atoms with Gasteiger partial charge >= 0.3 is 5.97 Å². The molecular formula is C34H45N3O8. The van der Waals surface area contributed by atoms with E-state index in [4.69, 9.17) is 14.3 Å². The van der Waals surface area contributed by atoms with Crippen LogP contribution in [0.5, 0.6) is 0 Å². The molecule has 2 aromatic rings. The Hall–Kier alpha value is -4.09. The van der Waals surface area contributed by atoms with Gasteiger partial charge < -0.3 is 24.9 Å². The standard InChI is InChI=1S/C34H45N3O8/c38-30(29-13-6-7-20-35-32(40)24-43-21-22-44-25-33(41)36-29)14-8-15-34(42)45-37-31(39)23-28-18-16-27(17-19-28)12-5-4-11-26-9-2-1-3-10-26/h1-3,9-10,16-19,29H,4-8,11-15,20-25H2,(H,35,40)(H,36,41)(H,37,39)/t29-/m0/s1. The minimum Gasteiger partial charge on any atom is -0.369 e. The van der Waals surface area contributed by atoms with Crippen molar-refractivity contribution < 1.29 is 38.3 Å². The summed E-state index contributed by atoms with van der Waals surface area (Å²) in [4.78, 5) is 66.1. The first-order valence-corrected chi connectivity index (χ1v) is 15.7. The number of carbonyl (C=O) groups is 5. The topological polar surface area (TPSA) is 149 Å². The van der Waals surface area contributed by atoms with E-state index in [1.807, 2.05) is 30.3 Å². The molecule has 3 N–H and O–H groups in total. The van der Waals surface area contributed by atoms with Gasteiger partial charge in [-0.3, -0.25) is 19.2 Å². The Labute approximate surface area is 264 Å². The van der Waals surface area contributed by atoms with E-state index >= 15 is 0 Å². The van der Waals surface area contributed by atoms with Crippen molar-refractivity contribution >= 4 is 29.5 Å². The van der Waals surface area contributed by atoms with Gasteiger partial charge in [0.2, 0.25) is 11.8 Å². The predicted octanol–water partition coefficient (Wildman–Crippen LogP) is 2.93. The molecule has 1 fully saturated rings. The second-order valence-corrected chi connectivity index (χ2v) is 11.1. The van der Waals surface area contributed by atoms with Crippen molar-refractivity contribution in [3.05, 3.63) is 71.3 Å². The molecule has 0 saturated carbocycles. The van der Waals surface area contributed by atoms with Crippen LogP contribution in [0.15, 0.2) is 54.6 Å². The van der Waals surface area contributed by atoms with Crippen molar-refractivity contribution in [2.45, 2.75) is 76.7 Å². The van der Waals surface area contributed by atoms with Crippen molar-refractivity contribution in [2.24, 2.45) is 0 Å². The number of hydrogen-bond donors (Lipinski definition) is 3. The molecule has 1 aliphatic rings. The quantitative estimate of drug-likeness (QED) is 0.241. The lowest BCUT2D eigenvalue weighted by molar-refractivity contribution is -0.158. The number of nitrogens with one attached hydrogen (secondary N) is 3. The van der Waals surface area contributed by atoms with Gasteiger partial charge in [0.15, 0.2) is 5.78 Å². The van der Waals surface area contributed by atoms with E-state index in [0.717, 1.165) is 31.2 Å². The Kier molecular flexibility index (Phi) is 16.4. The lowest BCUT2D eigenvalue weighted by atomic mass is 10.0. The molecule has 1 saturated heterocycles. The zero-order valence-electron chi connectivity index (χ0n) is 25.9. The molecule has 11 nitrogen and oxygen atoms in total. The molecule has 0 bridgehead atoms. The highest BCUT2D eigenvalue weighted by molar-refractivity contribution is 5.89. The van der Waals surface area contributed by atoms with Gasteiger partial charge in [-0.15, -0.1) is 0 Å². The van der Waals surface area contributed by atoms with Gasteiger partial charge in [0, 0.05) is 19.4 Å². The monoisotopic (exact) mass is 623 g/mol. The van der Waals surface area contributed by atoms with Gasteiger partial charge in [-0.05, 0) is 68.1 Å². The molecular weight excluding hydrogens is 578 g/mol. The van der Waals surface area contributed by atoms with Crippen LogP contribution in [-0.2, 0) is 57.5 Å². The van der Waals surface area contributed by atoms with Gasteiger partial charge in [0.25, 0.3) is 5.91 Å². The number of benzene rings is 2. The predicted molar refractivity (Wildman–Crippen MR) is 167 cm³/mol. The van der Waals surface area contributed by atoms with E-state index < -0.39 is 23.8 Å². The van der Waals surface area contributed by atoms with Crippen LogP contribution in [0.1, 0.15) is 68.1 Å². The molecule has 3 rings (SSSR count). The summed E-state index contributed by atoms with van der Waals surface area (Å²) in [6.45, 7) is 0.437. The second-order valence-electron chi connectivity index (χ2n) is 11.1. The van der Waals surface area contributed by atoms with Crippen LogP contribution in [0.3, 0.4) is 0 Å². The smallest absolute Gasteiger partial charge is 0.332 e. The van der Waals surface area contributed by atoms with Gasteiger partial charge in [-0.2, -0.15) is 5.48 Å². The van der Waals surface area contributed by atoms with Crippen molar-refractivity contribution in [1.29, 1.82) is 0 Å². The Morgan fingerprint density at radius 1 is 0.778 bits per heavy atom. The van der Waals surface area contributed by atoms with E-state index in [1.165, 1.54) is 11.1 Å². The van der Waals surface area contributed by atoms with Gasteiger partial charge in [-0.1, -0.05) is 54.6 Å². The molecule has 1 heterocycles. The van der Waals surface area contributed by atoms with Crippen LogP contribution in [0, 0.1) is 0 Å². The van der Waals surface area contributed by atoms with Crippen molar-refractivity contribution in [1.82, 2.24) is 16.1 Å². The van der Waals surface area contributed by atoms with Crippen molar-refractivity contribution in [3.8, 4) is 0 Å². The summed E-state index contributed by atoms with van der Waals surface area (Å²) >= 11 is 0. The van der Waals surface area contributed by atoms with Crippen molar-refractivity contribution in [3.63, 3.8) is 0 Å². The average Bonchev–Trinajstić information content (AvgIpc) is 3.04. The van der Waals surface area contributed by atoms with Crippen molar-refractivity contribution in [2.75, 3.05) is 33.0 Å². The van der Waals surface area contributed by atoms with Gasteiger partial charge in [0.1, 0.15) is 13.2 Å². The van der Waals surface area contributed by atoms with Crippen LogP contribution in [0.2, 0.25) is 0 Å². The number of Topliss-reactive ketones (excluding diaryl/α,β-unsaturated/α-hetero) is 1. The highest BCUT2D eigenvalue weighted by Gasteiger charge is 2.21. The summed E-state index contributed by atoms with van der Waals surface area (Å²) in [7, 11) is 0. The molecule has 2 aromatic carbocycles. The van der Waals surface area contributed by atoms with E-state index in [-0.39, 0.29) is 63.8 Å². The maximum atomic E-state index is 12.8. The summed E-state index contributed by atoms with van der Waals surface area (Å²) in [5.74, 6) is -1.97. The summed E-state index contributed by atoms with van der Waals surface area (Å²) in [5, 5.41) is 5.45. The Balaban J connectivity index is 1.31. The Morgan fingerprint density at radius 3 is 2.13 bits per heavy atom. The van der Waals surface area contributed by atoms with Gasteiger partial charge in [-0.25, -0.2) is 4.79 Å². The molecule has 3 amide bonds. The molecule has 0 spiro atoms. The molecule has 1 aliphatic heterocycles. The number of ether oxygens (including phenoxy) is 2. The summed E-state index contributed by atoms with van der Waals surface area (Å²) < 4.78 is 10.4.